The van der Waals surface area contributed by atoms with Gasteiger partial charge in [-0.3, -0.25) is 14.7 Å². The fourth-order valence-corrected chi connectivity index (χ4v) is 4.83. The van der Waals surface area contributed by atoms with Crippen LogP contribution in [0.15, 0.2) is 72.9 Å². The number of halogens is 1. The van der Waals surface area contributed by atoms with Crippen molar-refractivity contribution in [3.05, 3.63) is 89.2 Å². The smallest absolute Gasteiger partial charge is 0.326 e. The number of aromatic nitrogens is 1. The average molecular weight is 449 g/mol. The van der Waals surface area contributed by atoms with Crippen molar-refractivity contribution in [1.29, 1.82) is 0 Å². The zero-order chi connectivity index (χ0) is 22.2. The molecule has 3 aromatic rings. The third-order valence-corrected chi connectivity index (χ3v) is 6.40. The van der Waals surface area contributed by atoms with Crippen LogP contribution in [-0.4, -0.2) is 52.2 Å². The van der Waals surface area contributed by atoms with Gasteiger partial charge in [0, 0.05) is 35.1 Å². The summed E-state index contributed by atoms with van der Waals surface area (Å²) in [5.41, 5.74) is 2.67. The van der Waals surface area contributed by atoms with Gasteiger partial charge < -0.3 is 15.3 Å². The van der Waals surface area contributed by atoms with Crippen molar-refractivity contribution < 1.29 is 14.7 Å². The summed E-state index contributed by atoms with van der Waals surface area (Å²) < 4.78 is 0. The number of hydrogen-bond donors (Lipinski definition) is 2. The highest BCUT2D eigenvalue weighted by atomic mass is 35.5. The van der Waals surface area contributed by atoms with Crippen LogP contribution in [0.5, 0.6) is 0 Å². The van der Waals surface area contributed by atoms with Crippen LogP contribution in [0.25, 0.3) is 0 Å². The Morgan fingerprint density at radius 3 is 2.53 bits per heavy atom. The van der Waals surface area contributed by atoms with Crippen molar-refractivity contribution in [2.75, 3.05) is 23.4 Å². The maximum Gasteiger partial charge on any atom is 0.326 e. The van der Waals surface area contributed by atoms with Crippen LogP contribution in [-0.2, 0) is 0 Å². The highest BCUT2D eigenvalue weighted by Gasteiger charge is 2.55. The number of fused-ring (bicyclic) bond motifs is 3. The van der Waals surface area contributed by atoms with Gasteiger partial charge >= 0.3 is 6.03 Å². The Labute approximate surface area is 190 Å². The van der Waals surface area contributed by atoms with Gasteiger partial charge in [0.25, 0.3) is 5.91 Å². The number of nitrogens with zero attached hydrogens (tertiary/aromatic N) is 3. The lowest BCUT2D eigenvalue weighted by atomic mass is 9.72. The lowest BCUT2D eigenvalue weighted by Crippen LogP contribution is -2.71. The average Bonchev–Trinajstić information content (AvgIpc) is 2.81. The second-order valence-electron chi connectivity index (χ2n) is 7.88. The zero-order valence-electron chi connectivity index (χ0n) is 17.1. The van der Waals surface area contributed by atoms with E-state index in [0.29, 0.717) is 22.9 Å². The fraction of sp³-hybridized carbons (Fsp3) is 0.208. The highest BCUT2D eigenvalue weighted by Crippen LogP contribution is 2.48. The van der Waals surface area contributed by atoms with E-state index in [1.807, 2.05) is 24.3 Å². The normalized spacial score (nSPS) is 21.2. The second kappa shape index (κ2) is 8.26. The van der Waals surface area contributed by atoms with Crippen molar-refractivity contribution >= 4 is 34.9 Å². The monoisotopic (exact) mass is 448 g/mol. The van der Waals surface area contributed by atoms with Crippen molar-refractivity contribution in [3.63, 3.8) is 0 Å². The van der Waals surface area contributed by atoms with Gasteiger partial charge in [-0.15, -0.1) is 0 Å². The molecule has 1 saturated heterocycles. The second-order valence-corrected chi connectivity index (χ2v) is 8.31. The molecule has 3 atom stereocenters. The minimum absolute atomic E-state index is 0.0524. The molecule has 0 aliphatic carbocycles. The summed E-state index contributed by atoms with van der Waals surface area (Å²) in [6.45, 7) is 0.154. The van der Waals surface area contributed by atoms with E-state index in [1.165, 1.54) is 0 Å². The summed E-state index contributed by atoms with van der Waals surface area (Å²) in [4.78, 5) is 33.9. The molecule has 0 unspecified atom stereocenters. The Morgan fingerprint density at radius 1 is 1.06 bits per heavy atom. The number of nitrogens with one attached hydrogen (secondary N) is 1. The van der Waals surface area contributed by atoms with Gasteiger partial charge in [-0.1, -0.05) is 35.9 Å². The maximum absolute atomic E-state index is 13.2. The molecule has 32 heavy (non-hydrogen) atoms. The number of para-hydroxylation sites is 1. The number of urea groups is 1. The van der Waals surface area contributed by atoms with Crippen molar-refractivity contribution in [2.45, 2.75) is 18.0 Å². The number of benzene rings is 2. The number of aliphatic hydroxyl groups excluding tert-OH is 1. The van der Waals surface area contributed by atoms with Gasteiger partial charge in [0.15, 0.2) is 0 Å². The van der Waals surface area contributed by atoms with E-state index in [2.05, 4.69) is 10.3 Å². The number of anilines is 2. The summed E-state index contributed by atoms with van der Waals surface area (Å²) in [5, 5.41) is 13.6. The van der Waals surface area contributed by atoms with E-state index in [0.717, 1.165) is 11.3 Å². The molecular formula is C24H21ClN4O3. The molecule has 162 valence electrons. The van der Waals surface area contributed by atoms with Crippen LogP contribution in [0, 0.1) is 0 Å². The first-order chi connectivity index (χ1) is 15.6. The van der Waals surface area contributed by atoms with Crippen molar-refractivity contribution in [3.8, 4) is 0 Å². The molecule has 3 amide bonds. The van der Waals surface area contributed by atoms with E-state index in [9.17, 15) is 14.7 Å². The van der Waals surface area contributed by atoms with E-state index < -0.39 is 0 Å². The van der Waals surface area contributed by atoms with Gasteiger partial charge in [-0.2, -0.15) is 0 Å². The zero-order valence-corrected chi connectivity index (χ0v) is 17.8. The quantitative estimate of drug-likeness (QED) is 0.639. The first kappa shape index (κ1) is 20.5. The molecular weight excluding hydrogens is 428 g/mol. The van der Waals surface area contributed by atoms with Gasteiger partial charge in [0.2, 0.25) is 0 Å². The summed E-state index contributed by atoms with van der Waals surface area (Å²) >= 11 is 5.94. The third-order valence-electron chi connectivity index (χ3n) is 6.15. The molecule has 7 nitrogen and oxygen atoms in total. The Bertz CT molecular complexity index is 1160. The molecule has 2 aliphatic rings. The number of likely N-dealkylation sites (tertiary alicyclic amines) is 1. The molecule has 0 saturated carbocycles. The molecule has 1 fully saturated rings. The SMILES string of the molecule is O=C(Nc1ccc(Cl)cc1)N1C[C@H]2[C@@H](c3ccccc31)[C@@H](CO)N2C(=O)c1ccccn1. The Balaban J connectivity index is 1.46. The number of carbonyl (C=O) groups is 2. The van der Waals surface area contributed by atoms with Crippen molar-refractivity contribution in [2.24, 2.45) is 0 Å². The number of pyridine rings is 1. The van der Waals surface area contributed by atoms with E-state index in [-0.39, 0.29) is 36.5 Å². The van der Waals surface area contributed by atoms with E-state index in [1.54, 1.807) is 58.5 Å². The van der Waals surface area contributed by atoms with Crippen LogP contribution in [0.4, 0.5) is 16.2 Å². The molecule has 2 aliphatic heterocycles. The molecule has 3 heterocycles. The van der Waals surface area contributed by atoms with Gasteiger partial charge in [0.1, 0.15) is 5.69 Å². The lowest BCUT2D eigenvalue weighted by Gasteiger charge is -2.58. The molecule has 0 spiro atoms. The van der Waals surface area contributed by atoms with Crippen LogP contribution >= 0.6 is 11.6 Å². The number of aliphatic hydroxyl groups is 1. The third kappa shape index (κ3) is 3.39. The molecule has 0 bridgehead atoms. The highest BCUT2D eigenvalue weighted by molar-refractivity contribution is 6.30. The number of hydrogen-bond acceptors (Lipinski definition) is 4. The van der Waals surface area contributed by atoms with Crippen LogP contribution < -0.4 is 10.2 Å². The van der Waals surface area contributed by atoms with E-state index >= 15 is 0 Å². The summed E-state index contributed by atoms with van der Waals surface area (Å²) in [6, 6.07) is 18.8. The van der Waals surface area contributed by atoms with E-state index in [4.69, 9.17) is 11.6 Å². The number of amides is 3. The fourth-order valence-electron chi connectivity index (χ4n) is 4.70. The Hall–Kier alpha value is -3.42. The van der Waals surface area contributed by atoms with Crippen LogP contribution in [0.3, 0.4) is 0 Å². The van der Waals surface area contributed by atoms with Gasteiger partial charge in [0.05, 0.1) is 18.7 Å². The minimum Gasteiger partial charge on any atom is -0.394 e. The predicted octanol–water partition coefficient (Wildman–Crippen LogP) is 3.76. The minimum atomic E-state index is -0.364. The van der Waals surface area contributed by atoms with Crippen LogP contribution in [0.2, 0.25) is 5.02 Å². The van der Waals surface area contributed by atoms with Crippen LogP contribution in [0.1, 0.15) is 22.0 Å². The Morgan fingerprint density at radius 2 is 1.81 bits per heavy atom. The number of carbonyl (C=O) groups excluding carboxylic acids is 2. The first-order valence-corrected chi connectivity index (χ1v) is 10.7. The Kier molecular flexibility index (Phi) is 5.28. The first-order valence-electron chi connectivity index (χ1n) is 10.4. The predicted molar refractivity (Wildman–Crippen MR) is 122 cm³/mol. The largest absolute Gasteiger partial charge is 0.394 e. The molecule has 1 aromatic heterocycles. The van der Waals surface area contributed by atoms with Gasteiger partial charge in [-0.05, 0) is 48.0 Å². The lowest BCUT2D eigenvalue weighted by molar-refractivity contribution is -0.0245. The maximum atomic E-state index is 13.2. The van der Waals surface area contributed by atoms with Crippen molar-refractivity contribution in [1.82, 2.24) is 9.88 Å². The standard InChI is InChI=1S/C24H21ClN4O3/c25-15-8-10-16(11-9-15)27-24(32)28-13-20-22(17-5-1-2-7-19(17)28)21(14-30)29(20)23(31)18-6-3-4-12-26-18/h1-12,20-22,30H,13-14H2,(H,27,32)/t20-,21+,22+/m0/s1. The molecule has 2 N–H and O–H groups in total. The molecule has 8 heteroatoms. The molecule has 2 aromatic carbocycles. The van der Waals surface area contributed by atoms with Gasteiger partial charge in [-0.25, -0.2) is 4.79 Å². The summed E-state index contributed by atoms with van der Waals surface area (Å²) in [7, 11) is 0. The molecule has 5 rings (SSSR count). The topological polar surface area (TPSA) is 85.8 Å². The number of rotatable bonds is 3. The molecule has 0 radical (unpaired) electrons. The summed E-state index contributed by atoms with van der Waals surface area (Å²) in [5.74, 6) is -0.299. The summed E-state index contributed by atoms with van der Waals surface area (Å²) in [6.07, 6.45) is 1.57.